The summed E-state index contributed by atoms with van der Waals surface area (Å²) in [6.45, 7) is 1.27. The van der Waals surface area contributed by atoms with Gasteiger partial charge in [-0.05, 0) is 49.4 Å². The van der Waals surface area contributed by atoms with E-state index in [1.165, 1.54) is 28.2 Å². The fourth-order valence-electron chi connectivity index (χ4n) is 5.26. The Bertz CT molecular complexity index is 891. The van der Waals surface area contributed by atoms with Gasteiger partial charge in [0.2, 0.25) is 0 Å². The van der Waals surface area contributed by atoms with Crippen LogP contribution in [-0.4, -0.2) is 38.9 Å². The lowest BCUT2D eigenvalue weighted by Crippen LogP contribution is -2.41. The summed E-state index contributed by atoms with van der Waals surface area (Å²) < 4.78 is 0. The number of aromatic nitrogens is 2. The maximum absolute atomic E-state index is 10.4. The van der Waals surface area contributed by atoms with Crippen molar-refractivity contribution in [2.45, 2.75) is 44.3 Å². The molecule has 2 aliphatic rings. The number of aliphatic hydroxyl groups excluding tert-OH is 1. The van der Waals surface area contributed by atoms with Crippen molar-refractivity contribution in [3.8, 4) is 10.6 Å². The van der Waals surface area contributed by atoms with E-state index in [1.807, 2.05) is 17.4 Å². The van der Waals surface area contributed by atoms with Crippen LogP contribution in [0, 0.1) is 5.41 Å². The minimum Gasteiger partial charge on any atom is -0.396 e. The molecule has 0 unspecified atom stereocenters. The van der Waals surface area contributed by atoms with Crippen LogP contribution in [0.4, 0.5) is 0 Å². The summed E-state index contributed by atoms with van der Waals surface area (Å²) >= 11 is 1.85. The van der Waals surface area contributed by atoms with Crippen molar-refractivity contribution in [2.24, 2.45) is 5.41 Å². The Morgan fingerprint density at radius 2 is 2.04 bits per heavy atom. The molecule has 0 aliphatic carbocycles. The second-order valence-electron chi connectivity index (χ2n) is 8.04. The highest BCUT2D eigenvalue weighted by molar-refractivity contribution is 7.15. The van der Waals surface area contributed by atoms with E-state index in [0.717, 1.165) is 25.1 Å². The quantitative estimate of drug-likeness (QED) is 0.678. The van der Waals surface area contributed by atoms with Crippen LogP contribution in [0.15, 0.2) is 54.7 Å². The minimum absolute atomic E-state index is 0.00767. The molecule has 27 heavy (non-hydrogen) atoms. The molecular weight excluding hydrogens is 354 g/mol. The fraction of sp³-hybridized carbons (Fsp3) is 0.409. The van der Waals surface area contributed by atoms with Gasteiger partial charge in [-0.2, -0.15) is 5.10 Å². The van der Waals surface area contributed by atoms with E-state index in [2.05, 4.69) is 57.6 Å². The maximum atomic E-state index is 10.4. The summed E-state index contributed by atoms with van der Waals surface area (Å²) in [4.78, 5) is 5.30. The molecule has 0 amide bonds. The number of aliphatic hydroxyl groups is 1. The highest BCUT2D eigenvalue weighted by Gasteiger charge is 2.55. The monoisotopic (exact) mass is 379 g/mol. The lowest BCUT2D eigenvalue weighted by atomic mass is 9.70. The third kappa shape index (κ3) is 3.04. The standard InChI is InChI=1S/C22H25N3OS/c26-15-22(12-16-4-2-1-3-5-16)13-17-6-9-21(22)25(17)14-18-7-8-20(27-18)19-10-11-23-24-19/h1-5,7-8,10-11,17,21,26H,6,9,12-15H2,(H,23,24)/t17-,21+,22-/m0/s1. The van der Waals surface area contributed by atoms with Gasteiger partial charge in [-0.3, -0.25) is 10.00 Å². The predicted octanol–water partition coefficient (Wildman–Crippen LogP) is 4.10. The van der Waals surface area contributed by atoms with Gasteiger partial charge in [-0.25, -0.2) is 0 Å². The summed E-state index contributed by atoms with van der Waals surface area (Å²) in [5.74, 6) is 0. The van der Waals surface area contributed by atoms with E-state index in [9.17, 15) is 5.11 Å². The Labute approximate surface area is 163 Å². The second kappa shape index (κ2) is 6.89. The van der Waals surface area contributed by atoms with Crippen molar-refractivity contribution < 1.29 is 5.11 Å². The van der Waals surface area contributed by atoms with E-state index >= 15 is 0 Å². The van der Waals surface area contributed by atoms with Crippen LogP contribution in [0.25, 0.3) is 10.6 Å². The average Bonchev–Trinajstić information content (AvgIpc) is 3.47. The van der Waals surface area contributed by atoms with Gasteiger partial charge in [0.1, 0.15) is 0 Å². The van der Waals surface area contributed by atoms with Crippen LogP contribution in [0.5, 0.6) is 0 Å². The number of aromatic amines is 1. The van der Waals surface area contributed by atoms with Crippen molar-refractivity contribution >= 4 is 11.3 Å². The molecule has 2 fully saturated rings. The summed E-state index contributed by atoms with van der Waals surface area (Å²) in [6, 6.07) is 18.2. The number of benzene rings is 1. The highest BCUT2D eigenvalue weighted by Crippen LogP contribution is 2.52. The molecule has 4 nitrogen and oxygen atoms in total. The number of nitrogens with zero attached hydrogens (tertiary/aromatic N) is 2. The molecule has 2 N–H and O–H groups in total. The number of H-pyrrole nitrogens is 1. The van der Waals surface area contributed by atoms with Crippen molar-refractivity contribution in [2.75, 3.05) is 6.61 Å². The van der Waals surface area contributed by atoms with Gasteiger partial charge in [0, 0.05) is 35.1 Å². The van der Waals surface area contributed by atoms with E-state index in [-0.39, 0.29) is 12.0 Å². The molecule has 5 rings (SSSR count). The van der Waals surface area contributed by atoms with Crippen molar-refractivity contribution in [1.82, 2.24) is 15.1 Å². The van der Waals surface area contributed by atoms with Gasteiger partial charge in [-0.1, -0.05) is 30.3 Å². The molecule has 3 atom stereocenters. The normalized spacial score (nSPS) is 27.4. The Kier molecular flexibility index (Phi) is 4.38. The first-order chi connectivity index (χ1) is 13.3. The Balaban J connectivity index is 1.35. The summed E-state index contributed by atoms with van der Waals surface area (Å²) in [6.07, 6.45) is 6.36. The molecule has 140 valence electrons. The van der Waals surface area contributed by atoms with Crippen LogP contribution in [0.3, 0.4) is 0 Å². The number of fused-ring (bicyclic) bond motifs is 2. The topological polar surface area (TPSA) is 52.1 Å². The maximum Gasteiger partial charge on any atom is 0.0749 e. The summed E-state index contributed by atoms with van der Waals surface area (Å²) in [5, 5.41) is 17.5. The molecular formula is C22H25N3OS. The van der Waals surface area contributed by atoms with Crippen LogP contribution < -0.4 is 0 Å². The molecule has 0 radical (unpaired) electrons. The molecule has 0 saturated carbocycles. The molecule has 3 aromatic rings. The number of thiophene rings is 1. The summed E-state index contributed by atoms with van der Waals surface area (Å²) in [7, 11) is 0. The molecule has 4 heterocycles. The van der Waals surface area contributed by atoms with E-state index in [4.69, 9.17) is 0 Å². The number of nitrogens with one attached hydrogen (secondary N) is 1. The largest absolute Gasteiger partial charge is 0.396 e. The molecule has 1 aromatic carbocycles. The number of hydrogen-bond donors (Lipinski definition) is 2. The van der Waals surface area contributed by atoms with Gasteiger partial charge in [0.05, 0.1) is 17.2 Å². The zero-order valence-corrected chi connectivity index (χ0v) is 16.2. The Hall–Kier alpha value is -1.95. The third-order valence-corrected chi connectivity index (χ3v) is 7.58. The first-order valence-electron chi connectivity index (χ1n) is 9.76. The highest BCUT2D eigenvalue weighted by atomic mass is 32.1. The zero-order valence-electron chi connectivity index (χ0n) is 15.3. The van der Waals surface area contributed by atoms with Gasteiger partial charge >= 0.3 is 0 Å². The van der Waals surface area contributed by atoms with Gasteiger partial charge in [0.15, 0.2) is 0 Å². The zero-order chi connectivity index (χ0) is 18.3. The average molecular weight is 380 g/mol. The van der Waals surface area contributed by atoms with Crippen LogP contribution in [0.1, 0.15) is 29.7 Å². The molecule has 2 aromatic heterocycles. The second-order valence-corrected chi connectivity index (χ2v) is 9.21. The van der Waals surface area contributed by atoms with Crippen molar-refractivity contribution in [3.63, 3.8) is 0 Å². The van der Waals surface area contributed by atoms with E-state index in [1.54, 1.807) is 6.20 Å². The smallest absolute Gasteiger partial charge is 0.0749 e. The predicted molar refractivity (Wildman–Crippen MR) is 109 cm³/mol. The lowest BCUT2D eigenvalue weighted by Gasteiger charge is -2.36. The van der Waals surface area contributed by atoms with Gasteiger partial charge < -0.3 is 5.11 Å². The number of hydrogen-bond acceptors (Lipinski definition) is 4. The molecule has 2 aliphatic heterocycles. The molecule has 0 spiro atoms. The third-order valence-electron chi connectivity index (χ3n) is 6.47. The van der Waals surface area contributed by atoms with Gasteiger partial charge in [0.25, 0.3) is 0 Å². The lowest BCUT2D eigenvalue weighted by molar-refractivity contribution is 0.0753. The Morgan fingerprint density at radius 3 is 2.81 bits per heavy atom. The van der Waals surface area contributed by atoms with E-state index in [0.29, 0.717) is 12.1 Å². The van der Waals surface area contributed by atoms with Crippen molar-refractivity contribution in [3.05, 3.63) is 65.2 Å². The summed E-state index contributed by atoms with van der Waals surface area (Å²) in [5.41, 5.74) is 2.44. The minimum atomic E-state index is 0.00767. The SMILES string of the molecule is OC[C@]1(Cc2ccccc2)C[C@@H]2CC[C@H]1N2Cc1ccc(-c2ccn[nH]2)s1. The molecule has 2 saturated heterocycles. The van der Waals surface area contributed by atoms with Gasteiger partial charge in [-0.15, -0.1) is 11.3 Å². The fourth-order valence-corrected chi connectivity index (χ4v) is 6.25. The molecule has 2 bridgehead atoms. The number of rotatable bonds is 6. The Morgan fingerprint density at radius 1 is 1.15 bits per heavy atom. The van der Waals surface area contributed by atoms with Crippen molar-refractivity contribution in [1.29, 1.82) is 0 Å². The van der Waals surface area contributed by atoms with Crippen LogP contribution in [-0.2, 0) is 13.0 Å². The van der Waals surface area contributed by atoms with E-state index < -0.39 is 0 Å². The van der Waals surface area contributed by atoms with Crippen LogP contribution >= 0.6 is 11.3 Å². The first kappa shape index (κ1) is 17.2. The first-order valence-corrected chi connectivity index (χ1v) is 10.6. The molecule has 5 heteroatoms. The van der Waals surface area contributed by atoms with Crippen LogP contribution in [0.2, 0.25) is 0 Å².